The minimum atomic E-state index is -3.60. The van der Waals surface area contributed by atoms with Gasteiger partial charge in [0.05, 0.1) is 24.4 Å². The van der Waals surface area contributed by atoms with E-state index in [0.29, 0.717) is 13.2 Å². The predicted octanol–water partition coefficient (Wildman–Crippen LogP) is 0.996. The third-order valence-corrected chi connectivity index (χ3v) is 6.05. The first-order valence-electron chi connectivity index (χ1n) is 6.93. The van der Waals surface area contributed by atoms with Crippen molar-refractivity contribution < 1.29 is 13.2 Å². The van der Waals surface area contributed by atoms with Gasteiger partial charge in [-0.25, -0.2) is 8.42 Å². The zero-order chi connectivity index (χ0) is 14.2. The van der Waals surface area contributed by atoms with E-state index in [9.17, 15) is 8.42 Å². The molecule has 20 heavy (non-hydrogen) atoms. The number of sulfonamides is 1. The van der Waals surface area contributed by atoms with Gasteiger partial charge in [-0.3, -0.25) is 4.98 Å². The van der Waals surface area contributed by atoms with Crippen LogP contribution in [0, 0.1) is 0 Å². The van der Waals surface area contributed by atoms with Gasteiger partial charge in [0, 0.05) is 18.9 Å². The number of hydrogen-bond acceptors (Lipinski definition) is 5. The molecule has 0 amide bonds. The van der Waals surface area contributed by atoms with Crippen LogP contribution in [0.5, 0.6) is 0 Å². The number of pyridine rings is 1. The topological polar surface area (TPSA) is 85.5 Å². The van der Waals surface area contributed by atoms with E-state index in [0.717, 1.165) is 25.7 Å². The van der Waals surface area contributed by atoms with Crippen molar-refractivity contribution in [3.05, 3.63) is 18.5 Å². The third kappa shape index (κ3) is 2.30. The molecule has 1 aliphatic heterocycles. The number of aromatic nitrogens is 1. The highest BCUT2D eigenvalue weighted by Gasteiger charge is 2.41. The smallest absolute Gasteiger partial charge is 0.247 e. The summed E-state index contributed by atoms with van der Waals surface area (Å²) >= 11 is 0. The zero-order valence-corrected chi connectivity index (χ0v) is 12.1. The number of fused-ring (bicyclic) bond motifs is 1. The number of morpholine rings is 1. The molecule has 110 valence electrons. The first-order valence-corrected chi connectivity index (χ1v) is 8.37. The highest BCUT2D eigenvalue weighted by Crippen LogP contribution is 2.33. The Balaban J connectivity index is 1.96. The van der Waals surface area contributed by atoms with Gasteiger partial charge in [0.1, 0.15) is 4.90 Å². The molecule has 2 unspecified atom stereocenters. The predicted molar refractivity (Wildman–Crippen MR) is 74.5 cm³/mol. The van der Waals surface area contributed by atoms with E-state index in [2.05, 4.69) is 4.98 Å². The van der Waals surface area contributed by atoms with E-state index < -0.39 is 10.0 Å². The number of hydrogen-bond donors (Lipinski definition) is 1. The van der Waals surface area contributed by atoms with E-state index in [1.807, 2.05) is 0 Å². The van der Waals surface area contributed by atoms with Crippen molar-refractivity contribution in [2.24, 2.45) is 0 Å². The van der Waals surface area contributed by atoms with Crippen LogP contribution in [-0.4, -0.2) is 43.0 Å². The average Bonchev–Trinajstić information content (AvgIpc) is 2.47. The number of nitrogen functional groups attached to an aromatic ring is 1. The van der Waals surface area contributed by atoms with Crippen LogP contribution >= 0.6 is 0 Å². The molecule has 0 spiro atoms. The molecule has 0 aromatic carbocycles. The second kappa shape index (κ2) is 5.31. The molecular weight excluding hydrogens is 278 g/mol. The van der Waals surface area contributed by atoms with Crippen molar-refractivity contribution in [2.45, 2.75) is 42.7 Å². The van der Waals surface area contributed by atoms with E-state index >= 15 is 0 Å². The molecule has 2 heterocycles. The van der Waals surface area contributed by atoms with Gasteiger partial charge in [0.15, 0.2) is 0 Å². The summed E-state index contributed by atoms with van der Waals surface area (Å²) in [5.41, 5.74) is 6.05. The molecule has 1 saturated heterocycles. The van der Waals surface area contributed by atoms with Crippen molar-refractivity contribution >= 4 is 15.7 Å². The Morgan fingerprint density at radius 1 is 1.35 bits per heavy atom. The lowest BCUT2D eigenvalue weighted by molar-refractivity contribution is -0.0586. The maximum atomic E-state index is 12.8. The fraction of sp³-hybridized carbons (Fsp3) is 0.615. The lowest BCUT2D eigenvalue weighted by Gasteiger charge is -2.42. The molecule has 2 aliphatic rings. The van der Waals surface area contributed by atoms with Gasteiger partial charge < -0.3 is 10.5 Å². The summed E-state index contributed by atoms with van der Waals surface area (Å²) in [4.78, 5) is 4.00. The molecule has 1 aromatic heterocycles. The Morgan fingerprint density at radius 3 is 2.95 bits per heavy atom. The van der Waals surface area contributed by atoms with Crippen LogP contribution in [-0.2, 0) is 14.8 Å². The van der Waals surface area contributed by atoms with Crippen molar-refractivity contribution in [1.82, 2.24) is 9.29 Å². The quantitative estimate of drug-likeness (QED) is 0.880. The molecule has 1 aromatic rings. The van der Waals surface area contributed by atoms with Gasteiger partial charge in [-0.2, -0.15) is 4.31 Å². The maximum absolute atomic E-state index is 12.8. The number of ether oxygens (including phenoxy) is 1. The molecular formula is C13H19N3O3S. The summed E-state index contributed by atoms with van der Waals surface area (Å²) in [7, 11) is -3.60. The van der Waals surface area contributed by atoms with Crippen LogP contribution in [0.4, 0.5) is 5.69 Å². The van der Waals surface area contributed by atoms with E-state index in [1.165, 1.54) is 18.5 Å². The van der Waals surface area contributed by atoms with Gasteiger partial charge in [-0.05, 0) is 18.9 Å². The summed E-state index contributed by atoms with van der Waals surface area (Å²) in [6.07, 6.45) is 6.77. The Morgan fingerprint density at radius 2 is 2.15 bits per heavy atom. The molecule has 2 fully saturated rings. The normalized spacial score (nSPS) is 28.0. The number of nitrogens with zero attached hydrogens (tertiary/aromatic N) is 2. The monoisotopic (exact) mass is 297 g/mol. The zero-order valence-electron chi connectivity index (χ0n) is 11.2. The Bertz CT molecular complexity index is 588. The van der Waals surface area contributed by atoms with E-state index in [-0.39, 0.29) is 22.7 Å². The van der Waals surface area contributed by atoms with Crippen molar-refractivity contribution in [3.63, 3.8) is 0 Å². The number of anilines is 1. The second-order valence-electron chi connectivity index (χ2n) is 5.29. The van der Waals surface area contributed by atoms with Crippen LogP contribution in [0.2, 0.25) is 0 Å². The largest absolute Gasteiger partial charge is 0.398 e. The minimum absolute atomic E-state index is 0.0187. The standard InChI is InChI=1S/C13H19N3O3S/c14-10-5-6-15-9-13(10)20(17,18)16-7-8-19-12-4-2-1-3-11(12)16/h5-6,9,11-12H,1-4,7-8H2,(H2,14,15). The van der Waals surface area contributed by atoms with E-state index in [4.69, 9.17) is 10.5 Å². The SMILES string of the molecule is Nc1ccncc1S(=O)(=O)N1CCOC2CCCCC21. The number of rotatable bonds is 2. The van der Waals surface area contributed by atoms with Gasteiger partial charge in [-0.1, -0.05) is 12.8 Å². The van der Waals surface area contributed by atoms with Crippen LogP contribution in [0.15, 0.2) is 23.4 Å². The molecule has 1 saturated carbocycles. The van der Waals surface area contributed by atoms with Crippen LogP contribution in [0.1, 0.15) is 25.7 Å². The van der Waals surface area contributed by atoms with Crippen LogP contribution in [0.25, 0.3) is 0 Å². The average molecular weight is 297 g/mol. The summed E-state index contributed by atoms with van der Waals surface area (Å²) < 4.78 is 32.9. The lowest BCUT2D eigenvalue weighted by atomic mass is 9.91. The highest BCUT2D eigenvalue weighted by atomic mass is 32.2. The molecule has 0 bridgehead atoms. The molecule has 0 radical (unpaired) electrons. The first kappa shape index (κ1) is 13.8. The summed E-state index contributed by atoms with van der Waals surface area (Å²) in [5.74, 6) is 0. The first-order chi connectivity index (χ1) is 9.60. The Kier molecular flexibility index (Phi) is 3.66. The van der Waals surface area contributed by atoms with Crippen LogP contribution < -0.4 is 5.73 Å². The van der Waals surface area contributed by atoms with Gasteiger partial charge >= 0.3 is 0 Å². The molecule has 3 rings (SSSR count). The summed E-state index contributed by atoms with van der Waals surface area (Å²) in [6.45, 7) is 0.832. The molecule has 6 nitrogen and oxygen atoms in total. The molecule has 7 heteroatoms. The van der Waals surface area contributed by atoms with Crippen molar-refractivity contribution in [3.8, 4) is 0 Å². The Labute approximate surface area is 119 Å². The lowest BCUT2D eigenvalue weighted by Crippen LogP contribution is -2.54. The summed E-state index contributed by atoms with van der Waals surface area (Å²) in [5, 5.41) is 0. The van der Waals surface area contributed by atoms with Crippen LogP contribution in [0.3, 0.4) is 0 Å². The molecule has 2 atom stereocenters. The van der Waals surface area contributed by atoms with Gasteiger partial charge in [0.25, 0.3) is 0 Å². The molecule has 1 aliphatic carbocycles. The van der Waals surface area contributed by atoms with Gasteiger partial charge in [-0.15, -0.1) is 0 Å². The third-order valence-electron chi connectivity index (χ3n) is 4.08. The minimum Gasteiger partial charge on any atom is -0.398 e. The number of nitrogens with two attached hydrogens (primary N) is 1. The van der Waals surface area contributed by atoms with Crippen molar-refractivity contribution in [1.29, 1.82) is 0 Å². The van der Waals surface area contributed by atoms with E-state index in [1.54, 1.807) is 4.31 Å². The summed E-state index contributed by atoms with van der Waals surface area (Å²) in [6, 6.07) is 1.45. The van der Waals surface area contributed by atoms with Crippen molar-refractivity contribution in [2.75, 3.05) is 18.9 Å². The Hall–Kier alpha value is -1.18. The second-order valence-corrected chi connectivity index (χ2v) is 7.15. The molecule has 2 N–H and O–H groups in total. The fourth-order valence-corrected chi connectivity index (χ4v) is 4.82. The fourth-order valence-electron chi connectivity index (χ4n) is 3.09. The van der Waals surface area contributed by atoms with Gasteiger partial charge in [0.2, 0.25) is 10.0 Å². The highest BCUT2D eigenvalue weighted by molar-refractivity contribution is 7.89. The maximum Gasteiger partial charge on any atom is 0.247 e.